The predicted octanol–water partition coefficient (Wildman–Crippen LogP) is 2.06. The summed E-state index contributed by atoms with van der Waals surface area (Å²) in [5, 5.41) is 3.81. The highest BCUT2D eigenvalue weighted by Crippen LogP contribution is 2.36. The third-order valence-electron chi connectivity index (χ3n) is 3.07. The molecule has 0 radical (unpaired) electrons. The molecule has 0 saturated carbocycles. The lowest BCUT2D eigenvalue weighted by Gasteiger charge is -2.23. The van der Waals surface area contributed by atoms with Gasteiger partial charge in [-0.3, -0.25) is 14.8 Å². The number of hydrogen-bond acceptors (Lipinski definition) is 5. The van der Waals surface area contributed by atoms with E-state index in [0.29, 0.717) is 5.69 Å². The van der Waals surface area contributed by atoms with Crippen LogP contribution in [0.1, 0.15) is 13.3 Å². The summed E-state index contributed by atoms with van der Waals surface area (Å²) in [5.41, 5.74) is 1.70. The fraction of sp³-hybridized carbons (Fsp3) is 0.308. The molecule has 0 aliphatic carbocycles. The van der Waals surface area contributed by atoms with Crippen molar-refractivity contribution in [2.75, 3.05) is 18.4 Å². The first kappa shape index (κ1) is 12.2. The number of anilines is 1. The number of nitrogens with one attached hydrogen (secondary N) is 1. The molecule has 3 heterocycles. The smallest absolute Gasteiger partial charge is 0.264 e. The van der Waals surface area contributed by atoms with Gasteiger partial charge in [0.1, 0.15) is 0 Å². The molecule has 98 valence electrons. The van der Waals surface area contributed by atoms with E-state index in [1.807, 2.05) is 13.0 Å². The van der Waals surface area contributed by atoms with Crippen LogP contribution in [0.15, 0.2) is 40.1 Å². The summed E-state index contributed by atoms with van der Waals surface area (Å²) in [7, 11) is 0. The number of pyridine rings is 1. The third-order valence-corrected chi connectivity index (χ3v) is 4.29. The molecule has 19 heavy (non-hydrogen) atoms. The fourth-order valence-corrected chi connectivity index (χ4v) is 3.18. The molecule has 0 bridgehead atoms. The van der Waals surface area contributed by atoms with Gasteiger partial charge in [0.05, 0.1) is 16.8 Å². The maximum Gasteiger partial charge on any atom is 0.264 e. The standard InChI is InChI=1S/C13H14N4OS/c1-9-11(19-13-15-6-3-7-17(9)13)12(18)16-10-4-2-5-14-8-10/h2,4-5,8H,3,6-7H2,1H3,(H,16,18). The van der Waals surface area contributed by atoms with E-state index >= 15 is 0 Å². The van der Waals surface area contributed by atoms with Crippen LogP contribution in [0.25, 0.3) is 0 Å². The zero-order chi connectivity index (χ0) is 13.2. The molecule has 0 atom stereocenters. The highest BCUT2D eigenvalue weighted by Gasteiger charge is 2.31. The van der Waals surface area contributed by atoms with Crippen LogP contribution in [0, 0.1) is 0 Å². The summed E-state index contributed by atoms with van der Waals surface area (Å²) in [6.07, 6.45) is 4.36. The molecule has 6 heteroatoms. The van der Waals surface area contributed by atoms with Crippen molar-refractivity contribution in [2.45, 2.75) is 13.3 Å². The van der Waals surface area contributed by atoms with E-state index in [4.69, 9.17) is 0 Å². The van der Waals surface area contributed by atoms with Crippen LogP contribution in [-0.4, -0.2) is 34.0 Å². The normalized spacial score (nSPS) is 18.2. The van der Waals surface area contributed by atoms with Gasteiger partial charge in [0, 0.05) is 25.0 Å². The number of hydrogen-bond donors (Lipinski definition) is 1. The Hall–Kier alpha value is -1.82. The Morgan fingerprint density at radius 3 is 3.16 bits per heavy atom. The Bertz CT molecular complexity index is 567. The van der Waals surface area contributed by atoms with E-state index in [2.05, 4.69) is 20.2 Å². The van der Waals surface area contributed by atoms with Crippen molar-refractivity contribution >= 4 is 28.5 Å². The summed E-state index contributed by atoms with van der Waals surface area (Å²) in [6.45, 7) is 3.77. The summed E-state index contributed by atoms with van der Waals surface area (Å²) >= 11 is 1.45. The second-order valence-corrected chi connectivity index (χ2v) is 5.36. The van der Waals surface area contributed by atoms with Crippen LogP contribution in [0.3, 0.4) is 0 Å². The van der Waals surface area contributed by atoms with E-state index in [-0.39, 0.29) is 5.91 Å². The Balaban J connectivity index is 1.79. The molecule has 0 saturated heterocycles. The summed E-state index contributed by atoms with van der Waals surface area (Å²) in [4.78, 5) is 23.6. The van der Waals surface area contributed by atoms with Crippen LogP contribution in [0.4, 0.5) is 5.69 Å². The first-order chi connectivity index (χ1) is 9.25. The average molecular weight is 274 g/mol. The van der Waals surface area contributed by atoms with Crippen molar-refractivity contribution in [3.63, 3.8) is 0 Å². The largest absolute Gasteiger partial charge is 0.324 e. The molecule has 0 spiro atoms. The maximum absolute atomic E-state index is 12.3. The highest BCUT2D eigenvalue weighted by atomic mass is 32.2. The molecular weight excluding hydrogens is 260 g/mol. The zero-order valence-corrected chi connectivity index (χ0v) is 11.4. The number of fused-ring (bicyclic) bond motifs is 1. The van der Waals surface area contributed by atoms with Gasteiger partial charge in [-0.15, -0.1) is 0 Å². The molecule has 1 aromatic rings. The van der Waals surface area contributed by atoms with Gasteiger partial charge in [-0.05, 0) is 37.2 Å². The number of amides is 1. The average Bonchev–Trinajstić information content (AvgIpc) is 2.78. The van der Waals surface area contributed by atoms with E-state index in [1.165, 1.54) is 11.8 Å². The second-order valence-electron chi connectivity index (χ2n) is 4.38. The molecule has 1 aromatic heterocycles. The minimum atomic E-state index is -0.0902. The minimum Gasteiger partial charge on any atom is -0.324 e. The van der Waals surface area contributed by atoms with Crippen molar-refractivity contribution in [2.24, 2.45) is 4.99 Å². The van der Waals surface area contributed by atoms with Gasteiger partial charge in [0.15, 0.2) is 5.17 Å². The fourth-order valence-electron chi connectivity index (χ4n) is 2.11. The van der Waals surface area contributed by atoms with Crippen molar-refractivity contribution < 1.29 is 4.79 Å². The van der Waals surface area contributed by atoms with Crippen molar-refractivity contribution in [1.29, 1.82) is 0 Å². The molecule has 0 unspecified atom stereocenters. The van der Waals surface area contributed by atoms with Gasteiger partial charge in [0.2, 0.25) is 0 Å². The van der Waals surface area contributed by atoms with Crippen molar-refractivity contribution in [1.82, 2.24) is 9.88 Å². The quantitative estimate of drug-likeness (QED) is 0.897. The molecule has 3 rings (SSSR count). The molecule has 2 aliphatic heterocycles. The Kier molecular flexibility index (Phi) is 3.25. The van der Waals surface area contributed by atoms with Crippen LogP contribution < -0.4 is 5.32 Å². The van der Waals surface area contributed by atoms with Crippen LogP contribution in [0.5, 0.6) is 0 Å². The van der Waals surface area contributed by atoms with Crippen molar-refractivity contribution in [3.05, 3.63) is 35.1 Å². The number of aromatic nitrogens is 1. The molecule has 0 aromatic carbocycles. The van der Waals surface area contributed by atoms with Gasteiger partial charge in [-0.1, -0.05) is 0 Å². The first-order valence-electron chi connectivity index (χ1n) is 6.18. The predicted molar refractivity (Wildman–Crippen MR) is 76.8 cm³/mol. The topological polar surface area (TPSA) is 57.6 Å². The van der Waals surface area contributed by atoms with Crippen molar-refractivity contribution in [3.8, 4) is 0 Å². The van der Waals surface area contributed by atoms with E-state index in [9.17, 15) is 4.79 Å². The minimum absolute atomic E-state index is 0.0902. The first-order valence-corrected chi connectivity index (χ1v) is 6.99. The summed E-state index contributed by atoms with van der Waals surface area (Å²) in [6, 6.07) is 3.62. The lowest BCUT2D eigenvalue weighted by Crippen LogP contribution is -2.28. The van der Waals surface area contributed by atoms with E-state index in [1.54, 1.807) is 18.5 Å². The number of amidine groups is 1. The number of carbonyl (C=O) groups is 1. The molecule has 2 aliphatic rings. The molecule has 0 fully saturated rings. The number of nitrogens with zero attached hydrogens (tertiary/aromatic N) is 3. The van der Waals surface area contributed by atoms with Gasteiger partial charge >= 0.3 is 0 Å². The van der Waals surface area contributed by atoms with Gasteiger partial charge in [-0.25, -0.2) is 0 Å². The van der Waals surface area contributed by atoms with Crippen LogP contribution in [-0.2, 0) is 4.79 Å². The second kappa shape index (κ2) is 5.05. The highest BCUT2D eigenvalue weighted by molar-refractivity contribution is 8.18. The SMILES string of the molecule is CC1=C(C(=O)Nc2cccnc2)SC2=NCCCN21. The van der Waals surface area contributed by atoms with Gasteiger partial charge in [-0.2, -0.15) is 0 Å². The summed E-state index contributed by atoms with van der Waals surface area (Å²) < 4.78 is 0. The van der Waals surface area contributed by atoms with E-state index in [0.717, 1.165) is 35.3 Å². The molecule has 5 nitrogen and oxygen atoms in total. The molecule has 1 amide bonds. The zero-order valence-electron chi connectivity index (χ0n) is 10.6. The number of rotatable bonds is 2. The number of aliphatic imine (C=N–C) groups is 1. The van der Waals surface area contributed by atoms with E-state index < -0.39 is 0 Å². The monoisotopic (exact) mass is 274 g/mol. The maximum atomic E-state index is 12.3. The lowest BCUT2D eigenvalue weighted by molar-refractivity contribution is -0.112. The van der Waals surface area contributed by atoms with Gasteiger partial charge < -0.3 is 10.2 Å². The van der Waals surface area contributed by atoms with Gasteiger partial charge in [0.25, 0.3) is 5.91 Å². The van der Waals surface area contributed by atoms with Crippen LogP contribution in [0.2, 0.25) is 0 Å². The molecule has 1 N–H and O–H groups in total. The number of thioether (sulfide) groups is 1. The lowest BCUT2D eigenvalue weighted by atomic mass is 10.3. The summed E-state index contributed by atoms with van der Waals surface area (Å²) in [5.74, 6) is -0.0902. The third kappa shape index (κ3) is 2.35. The Morgan fingerprint density at radius 2 is 2.42 bits per heavy atom. The Labute approximate surface area is 115 Å². The number of allylic oxidation sites excluding steroid dienone is 1. The molecular formula is C13H14N4OS. The Morgan fingerprint density at radius 1 is 1.53 bits per heavy atom. The number of carbonyl (C=O) groups excluding carboxylic acids is 1. The van der Waals surface area contributed by atoms with Crippen LogP contribution >= 0.6 is 11.8 Å².